The monoisotopic (exact) mass is 157 g/mol. The number of nitrogens with one attached hydrogen (secondary N) is 1. The Morgan fingerprint density at radius 2 is 2.45 bits per heavy atom. The first-order valence-electron chi connectivity index (χ1n) is 4.13. The largest absolute Gasteiger partial charge is 0.378 e. The molecule has 2 fully saturated rings. The Morgan fingerprint density at radius 1 is 1.55 bits per heavy atom. The molecule has 0 aromatic carbocycles. The van der Waals surface area contributed by atoms with Crippen molar-refractivity contribution in [2.45, 2.75) is 12.0 Å². The van der Waals surface area contributed by atoms with Crippen LogP contribution in [0.15, 0.2) is 0 Å². The van der Waals surface area contributed by atoms with Crippen molar-refractivity contribution in [1.29, 1.82) is 0 Å². The molecule has 0 amide bonds. The number of hydrazine groups is 1. The lowest BCUT2D eigenvalue weighted by atomic mass is 9.99. The SMILES string of the molecule is NN1CCC2(COCCN2)C1. The number of nitrogens with two attached hydrogens (primary N) is 1. The smallest absolute Gasteiger partial charge is 0.0662 e. The van der Waals surface area contributed by atoms with E-state index in [1.54, 1.807) is 0 Å². The first kappa shape index (κ1) is 7.49. The highest BCUT2D eigenvalue weighted by atomic mass is 16.5. The van der Waals surface area contributed by atoms with Crippen molar-refractivity contribution in [3.8, 4) is 0 Å². The van der Waals surface area contributed by atoms with Crippen molar-refractivity contribution in [3.63, 3.8) is 0 Å². The van der Waals surface area contributed by atoms with Gasteiger partial charge in [0.1, 0.15) is 0 Å². The molecule has 0 aromatic rings. The van der Waals surface area contributed by atoms with Crippen LogP contribution in [0.25, 0.3) is 0 Å². The summed E-state index contributed by atoms with van der Waals surface area (Å²) in [5.74, 6) is 5.68. The van der Waals surface area contributed by atoms with Crippen molar-refractivity contribution < 1.29 is 4.74 Å². The van der Waals surface area contributed by atoms with E-state index < -0.39 is 0 Å². The molecule has 0 aliphatic carbocycles. The maximum absolute atomic E-state index is 5.68. The number of hydrogen-bond acceptors (Lipinski definition) is 4. The van der Waals surface area contributed by atoms with Gasteiger partial charge in [0.05, 0.1) is 18.8 Å². The van der Waals surface area contributed by atoms with E-state index in [9.17, 15) is 0 Å². The summed E-state index contributed by atoms with van der Waals surface area (Å²) in [6.07, 6.45) is 1.11. The van der Waals surface area contributed by atoms with E-state index >= 15 is 0 Å². The number of morpholine rings is 1. The van der Waals surface area contributed by atoms with E-state index in [2.05, 4.69) is 5.32 Å². The second-order valence-electron chi connectivity index (χ2n) is 3.48. The van der Waals surface area contributed by atoms with Gasteiger partial charge in [0, 0.05) is 19.6 Å². The second-order valence-corrected chi connectivity index (χ2v) is 3.48. The molecular weight excluding hydrogens is 142 g/mol. The lowest BCUT2D eigenvalue weighted by molar-refractivity contribution is 0.0312. The zero-order valence-corrected chi connectivity index (χ0v) is 6.68. The van der Waals surface area contributed by atoms with E-state index in [0.29, 0.717) is 0 Å². The molecule has 2 saturated heterocycles. The first-order chi connectivity index (χ1) is 5.31. The molecule has 3 N–H and O–H groups in total. The summed E-state index contributed by atoms with van der Waals surface area (Å²) in [7, 11) is 0. The average Bonchev–Trinajstić information content (AvgIpc) is 2.34. The number of nitrogens with zero attached hydrogens (tertiary/aromatic N) is 1. The van der Waals surface area contributed by atoms with Crippen LogP contribution in [0.3, 0.4) is 0 Å². The Hall–Kier alpha value is -0.160. The normalized spacial score (nSPS) is 40.1. The van der Waals surface area contributed by atoms with Crippen LogP contribution in [-0.2, 0) is 4.74 Å². The molecule has 1 atom stereocenters. The van der Waals surface area contributed by atoms with Crippen LogP contribution in [-0.4, -0.2) is 43.4 Å². The van der Waals surface area contributed by atoms with Gasteiger partial charge in [0.15, 0.2) is 0 Å². The zero-order valence-electron chi connectivity index (χ0n) is 6.68. The molecule has 1 unspecified atom stereocenters. The van der Waals surface area contributed by atoms with Gasteiger partial charge < -0.3 is 10.1 Å². The van der Waals surface area contributed by atoms with Crippen molar-refractivity contribution in [2.24, 2.45) is 5.84 Å². The van der Waals surface area contributed by atoms with Crippen LogP contribution in [0.5, 0.6) is 0 Å². The predicted octanol–water partition coefficient (Wildman–Crippen LogP) is -1.08. The Labute approximate surface area is 66.7 Å². The molecule has 2 rings (SSSR count). The highest BCUT2D eigenvalue weighted by Gasteiger charge is 2.38. The molecule has 4 nitrogen and oxygen atoms in total. The number of rotatable bonds is 0. The summed E-state index contributed by atoms with van der Waals surface area (Å²) in [5, 5.41) is 5.34. The Kier molecular flexibility index (Phi) is 1.85. The van der Waals surface area contributed by atoms with Gasteiger partial charge in [0.2, 0.25) is 0 Å². The predicted molar refractivity (Wildman–Crippen MR) is 41.9 cm³/mol. The molecule has 2 aliphatic rings. The van der Waals surface area contributed by atoms with Gasteiger partial charge in [0.25, 0.3) is 0 Å². The van der Waals surface area contributed by atoms with E-state index in [1.165, 1.54) is 0 Å². The van der Waals surface area contributed by atoms with Crippen LogP contribution >= 0.6 is 0 Å². The third-order valence-corrected chi connectivity index (χ3v) is 2.51. The zero-order chi connectivity index (χ0) is 7.73. The molecule has 11 heavy (non-hydrogen) atoms. The van der Waals surface area contributed by atoms with Crippen LogP contribution in [0.2, 0.25) is 0 Å². The summed E-state index contributed by atoms with van der Waals surface area (Å²) < 4.78 is 5.41. The van der Waals surface area contributed by atoms with Crippen molar-refractivity contribution in [3.05, 3.63) is 0 Å². The maximum Gasteiger partial charge on any atom is 0.0662 e. The molecular formula is C7H15N3O. The van der Waals surface area contributed by atoms with Gasteiger partial charge in [-0.05, 0) is 6.42 Å². The summed E-state index contributed by atoms with van der Waals surface area (Å²) in [6, 6.07) is 0. The van der Waals surface area contributed by atoms with Crippen LogP contribution in [0, 0.1) is 0 Å². The highest BCUT2D eigenvalue weighted by molar-refractivity contribution is 4.97. The fourth-order valence-electron chi connectivity index (χ4n) is 1.87. The van der Waals surface area contributed by atoms with Crippen molar-refractivity contribution in [2.75, 3.05) is 32.8 Å². The summed E-state index contributed by atoms with van der Waals surface area (Å²) in [4.78, 5) is 0. The molecule has 4 heteroatoms. The van der Waals surface area contributed by atoms with Gasteiger partial charge in [-0.3, -0.25) is 5.84 Å². The minimum atomic E-state index is 0.174. The van der Waals surface area contributed by atoms with Gasteiger partial charge in [-0.25, -0.2) is 5.01 Å². The fourth-order valence-corrected chi connectivity index (χ4v) is 1.87. The van der Waals surface area contributed by atoms with Crippen LogP contribution in [0.4, 0.5) is 0 Å². The molecule has 0 saturated carbocycles. The second kappa shape index (κ2) is 2.71. The van der Waals surface area contributed by atoms with Gasteiger partial charge in [-0.1, -0.05) is 0 Å². The van der Waals surface area contributed by atoms with E-state index in [1.807, 2.05) is 5.01 Å². The minimum Gasteiger partial charge on any atom is -0.378 e. The first-order valence-corrected chi connectivity index (χ1v) is 4.13. The van der Waals surface area contributed by atoms with E-state index in [0.717, 1.165) is 39.3 Å². The Balaban J connectivity index is 1.98. The van der Waals surface area contributed by atoms with Crippen molar-refractivity contribution >= 4 is 0 Å². The fraction of sp³-hybridized carbons (Fsp3) is 1.00. The Morgan fingerprint density at radius 3 is 3.00 bits per heavy atom. The summed E-state index contributed by atoms with van der Waals surface area (Å²) >= 11 is 0. The minimum absolute atomic E-state index is 0.174. The number of ether oxygens (including phenoxy) is 1. The van der Waals surface area contributed by atoms with E-state index in [4.69, 9.17) is 10.6 Å². The summed E-state index contributed by atoms with van der Waals surface area (Å²) in [5.41, 5.74) is 0.174. The van der Waals surface area contributed by atoms with E-state index in [-0.39, 0.29) is 5.54 Å². The van der Waals surface area contributed by atoms with Gasteiger partial charge in [-0.15, -0.1) is 0 Å². The molecule has 2 heterocycles. The maximum atomic E-state index is 5.68. The molecule has 0 radical (unpaired) electrons. The number of hydrogen-bond donors (Lipinski definition) is 2. The molecule has 1 spiro atoms. The lowest BCUT2D eigenvalue weighted by Crippen LogP contribution is -2.56. The van der Waals surface area contributed by atoms with Crippen LogP contribution < -0.4 is 11.2 Å². The average molecular weight is 157 g/mol. The topological polar surface area (TPSA) is 50.5 Å². The highest BCUT2D eigenvalue weighted by Crippen LogP contribution is 2.20. The van der Waals surface area contributed by atoms with Gasteiger partial charge in [-0.2, -0.15) is 0 Å². The standard InChI is InChI=1S/C7H15N3O/c8-10-3-1-7(5-10)6-11-4-2-9-7/h9H,1-6,8H2. The van der Waals surface area contributed by atoms with Crippen LogP contribution in [0.1, 0.15) is 6.42 Å². The summed E-state index contributed by atoms with van der Waals surface area (Å²) in [6.45, 7) is 4.53. The Bertz CT molecular complexity index is 139. The molecule has 0 bridgehead atoms. The molecule has 0 aromatic heterocycles. The molecule has 64 valence electrons. The quantitative estimate of drug-likeness (QED) is 0.439. The molecule has 2 aliphatic heterocycles. The third-order valence-electron chi connectivity index (χ3n) is 2.51. The van der Waals surface area contributed by atoms with Crippen molar-refractivity contribution in [1.82, 2.24) is 10.3 Å². The van der Waals surface area contributed by atoms with Gasteiger partial charge >= 0.3 is 0 Å². The lowest BCUT2D eigenvalue weighted by Gasteiger charge is -2.34. The third kappa shape index (κ3) is 1.39.